The highest BCUT2D eigenvalue weighted by atomic mass is 16.5. The van der Waals surface area contributed by atoms with Crippen molar-refractivity contribution < 1.29 is 14.3 Å². The average molecular weight is 297 g/mol. The van der Waals surface area contributed by atoms with Crippen LogP contribution >= 0.6 is 0 Å². The van der Waals surface area contributed by atoms with Crippen LogP contribution in [0, 0.1) is 0 Å². The first-order valence-electron chi connectivity index (χ1n) is 7.01. The normalized spacial score (nSPS) is 11.5. The molecule has 0 aliphatic rings. The van der Waals surface area contributed by atoms with Crippen molar-refractivity contribution in [2.45, 2.75) is 12.8 Å². The summed E-state index contributed by atoms with van der Waals surface area (Å²) >= 11 is 0. The molecule has 0 bridgehead atoms. The van der Waals surface area contributed by atoms with Gasteiger partial charge in [0.25, 0.3) is 0 Å². The van der Waals surface area contributed by atoms with Gasteiger partial charge in [-0.3, -0.25) is 4.79 Å². The SMILES string of the molecule is C=CCOC(=O)C(C)c1ccc(N)c(Oc2ccccc2)c1. The molecule has 2 rings (SSSR count). The van der Waals surface area contributed by atoms with Gasteiger partial charge in [-0.15, -0.1) is 0 Å². The van der Waals surface area contributed by atoms with Gasteiger partial charge in [0.15, 0.2) is 5.75 Å². The first-order valence-corrected chi connectivity index (χ1v) is 7.01. The molecule has 0 radical (unpaired) electrons. The van der Waals surface area contributed by atoms with Crippen LogP contribution < -0.4 is 10.5 Å². The fourth-order valence-electron chi connectivity index (χ4n) is 1.93. The Kier molecular flexibility index (Phi) is 5.20. The molecule has 0 aliphatic heterocycles. The van der Waals surface area contributed by atoms with E-state index in [9.17, 15) is 4.79 Å². The van der Waals surface area contributed by atoms with Crippen LogP contribution in [0.3, 0.4) is 0 Å². The predicted octanol–water partition coefficient (Wildman–Crippen LogP) is 3.89. The van der Waals surface area contributed by atoms with Gasteiger partial charge in [-0.2, -0.15) is 0 Å². The van der Waals surface area contributed by atoms with E-state index in [0.29, 0.717) is 17.2 Å². The van der Waals surface area contributed by atoms with Crippen molar-refractivity contribution in [3.05, 3.63) is 66.7 Å². The van der Waals surface area contributed by atoms with E-state index in [-0.39, 0.29) is 12.6 Å². The van der Waals surface area contributed by atoms with E-state index in [0.717, 1.165) is 5.56 Å². The van der Waals surface area contributed by atoms with Crippen LogP contribution in [-0.2, 0) is 9.53 Å². The molecular weight excluding hydrogens is 278 g/mol. The number of hydrogen-bond donors (Lipinski definition) is 1. The van der Waals surface area contributed by atoms with Crippen LogP contribution in [-0.4, -0.2) is 12.6 Å². The zero-order chi connectivity index (χ0) is 15.9. The van der Waals surface area contributed by atoms with E-state index >= 15 is 0 Å². The molecule has 0 aromatic heterocycles. The Hall–Kier alpha value is -2.75. The molecule has 0 saturated heterocycles. The highest BCUT2D eigenvalue weighted by molar-refractivity contribution is 5.78. The summed E-state index contributed by atoms with van der Waals surface area (Å²) in [4.78, 5) is 11.9. The highest BCUT2D eigenvalue weighted by Crippen LogP contribution is 2.31. The minimum Gasteiger partial charge on any atom is -0.461 e. The molecular formula is C18H19NO3. The zero-order valence-corrected chi connectivity index (χ0v) is 12.5. The van der Waals surface area contributed by atoms with E-state index in [1.165, 1.54) is 6.08 Å². The number of nitrogen functional groups attached to an aromatic ring is 1. The van der Waals surface area contributed by atoms with Gasteiger partial charge in [0.1, 0.15) is 12.4 Å². The molecule has 2 aromatic rings. The largest absolute Gasteiger partial charge is 0.461 e. The summed E-state index contributed by atoms with van der Waals surface area (Å²) in [6.45, 7) is 5.50. The number of rotatable bonds is 6. The van der Waals surface area contributed by atoms with E-state index < -0.39 is 5.92 Å². The highest BCUT2D eigenvalue weighted by Gasteiger charge is 2.18. The number of anilines is 1. The Balaban J connectivity index is 2.19. The lowest BCUT2D eigenvalue weighted by molar-refractivity contribution is -0.143. The van der Waals surface area contributed by atoms with Crippen LogP contribution in [0.1, 0.15) is 18.4 Å². The van der Waals surface area contributed by atoms with Gasteiger partial charge in [0.05, 0.1) is 11.6 Å². The number of carbonyl (C=O) groups is 1. The molecule has 0 fully saturated rings. The fraction of sp³-hybridized carbons (Fsp3) is 0.167. The topological polar surface area (TPSA) is 61.5 Å². The lowest BCUT2D eigenvalue weighted by atomic mass is 10.0. The van der Waals surface area contributed by atoms with Gasteiger partial charge in [0, 0.05) is 0 Å². The van der Waals surface area contributed by atoms with Gasteiger partial charge in [0.2, 0.25) is 0 Å². The summed E-state index contributed by atoms with van der Waals surface area (Å²) in [7, 11) is 0. The quantitative estimate of drug-likeness (QED) is 0.499. The number of hydrogen-bond acceptors (Lipinski definition) is 4. The molecule has 114 valence electrons. The first-order chi connectivity index (χ1) is 10.6. The van der Waals surface area contributed by atoms with Crippen molar-refractivity contribution >= 4 is 11.7 Å². The van der Waals surface area contributed by atoms with Crippen LogP contribution in [0.25, 0.3) is 0 Å². The first kappa shape index (κ1) is 15.6. The van der Waals surface area contributed by atoms with E-state index in [1.54, 1.807) is 25.1 Å². The molecule has 22 heavy (non-hydrogen) atoms. The van der Waals surface area contributed by atoms with Gasteiger partial charge in [-0.05, 0) is 36.8 Å². The van der Waals surface area contributed by atoms with Crippen molar-refractivity contribution in [1.82, 2.24) is 0 Å². The molecule has 0 saturated carbocycles. The molecule has 0 heterocycles. The lowest BCUT2D eigenvalue weighted by Crippen LogP contribution is -2.13. The second-order valence-corrected chi connectivity index (χ2v) is 4.85. The Bertz CT molecular complexity index is 653. The average Bonchev–Trinajstić information content (AvgIpc) is 2.55. The third-order valence-corrected chi connectivity index (χ3v) is 3.21. The summed E-state index contributed by atoms with van der Waals surface area (Å²) in [5.41, 5.74) is 7.24. The van der Waals surface area contributed by atoms with E-state index in [2.05, 4.69) is 6.58 Å². The molecule has 4 nitrogen and oxygen atoms in total. The van der Waals surface area contributed by atoms with Crippen LogP contribution in [0.4, 0.5) is 5.69 Å². The fourth-order valence-corrected chi connectivity index (χ4v) is 1.93. The van der Waals surface area contributed by atoms with E-state index in [1.807, 2.05) is 30.3 Å². The smallest absolute Gasteiger partial charge is 0.313 e. The molecule has 0 aliphatic carbocycles. The Morgan fingerprint density at radius 1 is 1.27 bits per heavy atom. The Morgan fingerprint density at radius 2 is 2.00 bits per heavy atom. The molecule has 4 heteroatoms. The number of benzene rings is 2. The second-order valence-electron chi connectivity index (χ2n) is 4.85. The molecule has 2 N–H and O–H groups in total. The molecule has 0 spiro atoms. The summed E-state index contributed by atoms with van der Waals surface area (Å²) in [6, 6.07) is 14.6. The number of para-hydroxylation sites is 1. The summed E-state index contributed by atoms with van der Waals surface area (Å²) in [5, 5.41) is 0. The molecule has 1 atom stereocenters. The van der Waals surface area contributed by atoms with Crippen molar-refractivity contribution in [3.8, 4) is 11.5 Å². The molecule has 2 aromatic carbocycles. The third kappa shape index (κ3) is 3.88. The molecule has 0 amide bonds. The minimum atomic E-state index is -0.404. The van der Waals surface area contributed by atoms with Gasteiger partial charge in [-0.25, -0.2) is 0 Å². The van der Waals surface area contributed by atoms with Crippen molar-refractivity contribution in [2.24, 2.45) is 0 Å². The number of ether oxygens (including phenoxy) is 2. The van der Waals surface area contributed by atoms with Crippen molar-refractivity contribution in [1.29, 1.82) is 0 Å². The van der Waals surface area contributed by atoms with Crippen molar-refractivity contribution in [3.63, 3.8) is 0 Å². The predicted molar refractivity (Wildman–Crippen MR) is 86.9 cm³/mol. The van der Waals surface area contributed by atoms with Crippen molar-refractivity contribution in [2.75, 3.05) is 12.3 Å². The maximum absolute atomic E-state index is 11.9. The minimum absolute atomic E-state index is 0.200. The maximum atomic E-state index is 11.9. The lowest BCUT2D eigenvalue weighted by Gasteiger charge is -2.14. The summed E-state index contributed by atoms with van der Waals surface area (Å²) in [5.74, 6) is 0.495. The molecule has 1 unspecified atom stereocenters. The van der Waals surface area contributed by atoms with Gasteiger partial charge in [-0.1, -0.05) is 36.9 Å². The van der Waals surface area contributed by atoms with Crippen LogP contribution in [0.2, 0.25) is 0 Å². The van der Waals surface area contributed by atoms with E-state index in [4.69, 9.17) is 15.2 Å². The summed E-state index contributed by atoms with van der Waals surface area (Å²) in [6.07, 6.45) is 1.54. The second kappa shape index (κ2) is 7.31. The summed E-state index contributed by atoms with van der Waals surface area (Å²) < 4.78 is 10.8. The third-order valence-electron chi connectivity index (χ3n) is 3.21. The van der Waals surface area contributed by atoms with Crippen LogP contribution in [0.15, 0.2) is 61.2 Å². The van der Waals surface area contributed by atoms with Gasteiger partial charge < -0.3 is 15.2 Å². The Labute approximate surface area is 130 Å². The maximum Gasteiger partial charge on any atom is 0.313 e. The number of carbonyl (C=O) groups excluding carboxylic acids is 1. The van der Waals surface area contributed by atoms with Crippen LogP contribution in [0.5, 0.6) is 11.5 Å². The number of esters is 1. The monoisotopic (exact) mass is 297 g/mol. The standard InChI is InChI=1S/C18H19NO3/c1-3-11-21-18(20)13(2)14-9-10-16(19)17(12-14)22-15-7-5-4-6-8-15/h3-10,12-13H,1,11,19H2,2H3. The number of nitrogens with two attached hydrogens (primary N) is 1. The zero-order valence-electron chi connectivity index (χ0n) is 12.5. The van der Waals surface area contributed by atoms with Gasteiger partial charge >= 0.3 is 5.97 Å². The Morgan fingerprint density at radius 3 is 2.68 bits per heavy atom.